The summed E-state index contributed by atoms with van der Waals surface area (Å²) in [6.07, 6.45) is -2.70. The zero-order valence-corrected chi connectivity index (χ0v) is 42.8. The van der Waals surface area contributed by atoms with Crippen LogP contribution >= 0.6 is 0 Å². The average molecular weight is 1460 g/mol. The fourth-order valence-corrected chi connectivity index (χ4v) is 0.665. The van der Waals surface area contributed by atoms with Gasteiger partial charge in [0.2, 0.25) is 0 Å². The summed E-state index contributed by atoms with van der Waals surface area (Å²) in [5, 5.41) is 8.06. The molecule has 0 aliphatic rings. The molecular weight excluding hydrogens is 1440 g/mol. The van der Waals surface area contributed by atoms with Crippen LogP contribution in [0.4, 0.5) is 13.2 Å². The summed E-state index contributed by atoms with van der Waals surface area (Å²) in [6, 6.07) is 1.55. The van der Waals surface area contributed by atoms with Gasteiger partial charge in [-0.1, -0.05) is 13.2 Å². The zero-order valence-electron chi connectivity index (χ0n) is 17.2. The first-order valence-electron chi connectivity index (χ1n) is 6.69. The summed E-state index contributed by atoms with van der Waals surface area (Å²) >= 11 is 0. The van der Waals surface area contributed by atoms with Crippen molar-refractivity contribution in [3.63, 3.8) is 0 Å². The fraction of sp³-hybridized carbons (Fsp3) is 0.235. The van der Waals surface area contributed by atoms with Gasteiger partial charge in [0.25, 0.3) is 0 Å². The molecule has 0 amide bonds. The Hall–Kier alpha value is -7.09. The molecule has 0 unspecified atom stereocenters. The van der Waals surface area contributed by atoms with Gasteiger partial charge in [0.15, 0.2) is 0 Å². The molecule has 0 aromatic carbocycles. The summed E-state index contributed by atoms with van der Waals surface area (Å²) < 4.78 is 47.4. The molecule has 0 bridgehead atoms. The van der Waals surface area contributed by atoms with Crippen molar-refractivity contribution in [1.82, 2.24) is 0 Å². The van der Waals surface area contributed by atoms with Crippen molar-refractivity contribution in [2.75, 3.05) is 19.8 Å². The van der Waals surface area contributed by atoms with Crippen LogP contribution in [0.25, 0.3) is 0 Å². The van der Waals surface area contributed by atoms with Crippen LogP contribution in [0, 0.1) is 38.2 Å². The fourth-order valence-electron chi connectivity index (χ4n) is 0.665. The molecular formula is C17H18F3NO6Rf4-4. The first-order chi connectivity index (χ1) is 12.4. The van der Waals surface area contributed by atoms with Gasteiger partial charge >= 0.3 is 18.1 Å². The van der Waals surface area contributed by atoms with E-state index in [-0.39, 0.29) is 25.4 Å². The predicted molar refractivity (Wildman–Crippen MR) is 87.8 cm³/mol. The summed E-state index contributed by atoms with van der Waals surface area (Å²) in [6.45, 7) is 18.1. The number of ether oxygens (including phenoxy) is 3. The molecule has 0 aromatic rings. The number of esters is 3. The van der Waals surface area contributed by atoms with Crippen molar-refractivity contribution in [2.45, 2.75) is 6.18 Å². The van der Waals surface area contributed by atoms with Crippen LogP contribution < -0.4 is 0 Å². The summed E-state index contributed by atoms with van der Waals surface area (Å²) in [5.74, 6) is -2.73. The minimum Gasteiger partial charge on any atom is -0.522 e. The number of halogens is 3. The molecule has 31 heavy (non-hydrogen) atoms. The van der Waals surface area contributed by atoms with E-state index < -0.39 is 29.7 Å². The van der Waals surface area contributed by atoms with Crippen molar-refractivity contribution in [3.8, 4) is 6.07 Å². The molecule has 7 nitrogen and oxygen atoms in total. The van der Waals surface area contributed by atoms with Gasteiger partial charge < -0.3 is 41.1 Å². The van der Waals surface area contributed by atoms with E-state index in [0.717, 1.165) is 0 Å². The van der Waals surface area contributed by atoms with Crippen molar-refractivity contribution < 1.29 is 41.8 Å². The van der Waals surface area contributed by atoms with E-state index in [1.807, 2.05) is 6.08 Å². The Morgan fingerprint density at radius 3 is 1.45 bits per heavy atom. The second-order valence-electron chi connectivity index (χ2n) is 3.65. The third kappa shape index (κ3) is 25.3. The van der Waals surface area contributed by atoms with Crippen LogP contribution in [-0.2, 0) is 28.6 Å². The summed E-state index contributed by atoms with van der Waals surface area (Å²) in [4.78, 5) is 30.7. The predicted octanol–water partition coefficient (Wildman–Crippen LogP) is 2.28. The normalized spacial score (nSPS) is 7.77. The van der Waals surface area contributed by atoms with Crippen LogP contribution in [0.3, 0.4) is 0 Å². The van der Waals surface area contributed by atoms with Gasteiger partial charge in [0.1, 0.15) is 23.2 Å². The van der Waals surface area contributed by atoms with Crippen LogP contribution in [-0.4, -0.2) is 43.9 Å². The molecule has 0 radical (unpaired) electrons. The van der Waals surface area contributed by atoms with Crippen molar-refractivity contribution >= 4 is 17.9 Å². The quantitative estimate of drug-likeness (QED) is 0.133. The van der Waals surface area contributed by atoms with E-state index in [9.17, 15) is 27.6 Å². The van der Waals surface area contributed by atoms with E-state index in [1.54, 1.807) is 6.07 Å². The van der Waals surface area contributed by atoms with E-state index in [0.29, 0.717) is 0 Å². The minimum absolute atomic E-state index is 0. The SMILES string of the molecule is C=C(C#N)C(=O)OC[CH2-].C=C(C(=O)OC[CH2-])C(F)(F)F.C=[C-]C(=O)OC[CH2-].[Rf].[Rf].[Rf].[Rf]. The van der Waals surface area contributed by atoms with E-state index in [1.165, 1.54) is 0 Å². The third-order valence-electron chi connectivity index (χ3n) is 1.81. The number of carbonyl (C=O) groups excluding carboxylic acids is 3. The Labute approximate surface area is 155 Å². The van der Waals surface area contributed by atoms with Crippen molar-refractivity contribution in [1.29, 1.82) is 5.26 Å². The van der Waals surface area contributed by atoms with Gasteiger partial charge in [-0.05, 0) is 19.8 Å². The monoisotopic (exact) mass is 1460 g/mol. The summed E-state index contributed by atoms with van der Waals surface area (Å²) in [5.41, 5.74) is -1.71. The zero-order chi connectivity index (χ0) is 22.0. The van der Waals surface area contributed by atoms with E-state index in [4.69, 9.17) is 5.26 Å². The Kier molecular flexibility index (Phi) is 32.4. The molecule has 14 heteroatoms. The molecule has 0 aromatic heterocycles. The first-order valence-corrected chi connectivity index (χ1v) is 6.69. The van der Waals surface area contributed by atoms with Gasteiger partial charge in [-0.15, -0.1) is 0 Å². The molecule has 160 valence electrons. The molecule has 0 N–H and O–H groups in total. The van der Waals surface area contributed by atoms with E-state index in [2.05, 4.69) is 54.7 Å². The van der Waals surface area contributed by atoms with Gasteiger partial charge in [0.05, 0.1) is 0 Å². The Balaban J connectivity index is -0.0000000535. The topological polar surface area (TPSA) is 103 Å². The molecule has 0 heterocycles. The standard InChI is InChI=1S/C6H6F3O2.C6H6NO2.C5H6O2.4Rf/c1-3-11-5(10)4(2)6(7,8)9;1-3-9-6(8)5(2)4-7;1-3-5(6)7-4-2;;;;/h1-3H2;1-3H2;1-2,4H2;;;;/q2*-1;-2;;;;. The maximum atomic E-state index is 11.6. The Bertz CT molecular complexity index is 593. The second-order valence-corrected chi connectivity index (χ2v) is 3.65. The number of nitriles is 1. The maximum Gasteiger partial charge on any atom is 0.422 e. The largest absolute Gasteiger partial charge is 0.522 e. The summed E-state index contributed by atoms with van der Waals surface area (Å²) in [7, 11) is 0. The van der Waals surface area contributed by atoms with Gasteiger partial charge in [-0.2, -0.15) is 18.4 Å². The first kappa shape index (κ1) is 43.9. The van der Waals surface area contributed by atoms with Crippen molar-refractivity contribution in [2.24, 2.45) is 0 Å². The van der Waals surface area contributed by atoms with Gasteiger partial charge in [-0.25, -0.2) is 9.59 Å². The molecule has 0 aliphatic carbocycles. The van der Waals surface area contributed by atoms with Gasteiger partial charge in [0, 0.05) is 0 Å². The molecule has 0 saturated heterocycles. The number of rotatable bonds is 6. The van der Waals surface area contributed by atoms with Gasteiger partial charge in [-0.3, -0.25) is 11.4 Å². The van der Waals surface area contributed by atoms with Crippen LogP contribution in [0.1, 0.15) is 0 Å². The molecule has 0 aliphatic heterocycles. The maximum absolute atomic E-state index is 11.6. The second kappa shape index (κ2) is 22.9. The molecule has 0 atom stereocenters. The minimum atomic E-state index is -4.72. The molecule has 0 spiro atoms. The molecule has 0 fully saturated rings. The molecule has 0 rings (SSSR count). The Morgan fingerprint density at radius 1 is 0.871 bits per heavy atom. The Morgan fingerprint density at radius 2 is 1.23 bits per heavy atom. The number of hydrogen-bond acceptors (Lipinski definition) is 7. The van der Waals surface area contributed by atoms with E-state index >= 15 is 0 Å². The van der Waals surface area contributed by atoms with Crippen molar-refractivity contribution in [3.05, 3.63) is 57.7 Å². The third-order valence-corrected chi connectivity index (χ3v) is 1.81. The number of nitrogens with zero attached hydrogens (tertiary/aromatic N) is 1. The number of hydrogen-bond donors (Lipinski definition) is 0. The smallest absolute Gasteiger partial charge is 0.422 e. The molecule has 0 saturated carbocycles. The van der Waals surface area contributed by atoms with Crippen LogP contribution in [0.2, 0.25) is 0 Å². The number of carbonyl (C=O) groups is 3. The van der Waals surface area contributed by atoms with Crippen LogP contribution in [0.15, 0.2) is 30.9 Å². The number of alkyl halides is 3. The van der Waals surface area contributed by atoms with Crippen LogP contribution in [0.5, 0.6) is 0 Å². The average Bonchev–Trinajstić information content (AvgIpc) is 2.61.